The highest BCUT2D eigenvalue weighted by atomic mass is 16.5. The molecule has 114 valence electrons. The van der Waals surface area contributed by atoms with Crippen molar-refractivity contribution in [3.8, 4) is 0 Å². The Labute approximate surface area is 134 Å². The zero-order valence-electron chi connectivity index (χ0n) is 13.0. The van der Waals surface area contributed by atoms with Gasteiger partial charge in [-0.3, -0.25) is 0 Å². The van der Waals surface area contributed by atoms with Crippen molar-refractivity contribution in [3.63, 3.8) is 0 Å². The normalized spacial score (nSPS) is 12.4. The molecule has 0 fully saturated rings. The van der Waals surface area contributed by atoms with Crippen LogP contribution in [0, 0.1) is 0 Å². The molecule has 0 aliphatic heterocycles. The van der Waals surface area contributed by atoms with Crippen LogP contribution in [-0.4, -0.2) is 6.10 Å². The molecule has 2 aromatic rings. The molecule has 0 bridgehead atoms. The molecule has 0 amide bonds. The summed E-state index contributed by atoms with van der Waals surface area (Å²) in [6.45, 7) is 4.50. The third-order valence-electron chi connectivity index (χ3n) is 3.52. The first kappa shape index (κ1) is 16.3. The monoisotopic (exact) mass is 292 g/mol. The molecule has 0 saturated heterocycles. The lowest BCUT2D eigenvalue weighted by Gasteiger charge is -2.15. The summed E-state index contributed by atoms with van der Waals surface area (Å²) in [5.41, 5.74) is 2.46. The molecule has 1 heteroatoms. The van der Waals surface area contributed by atoms with Gasteiger partial charge in [-0.15, -0.1) is 6.58 Å². The quantitative estimate of drug-likeness (QED) is 0.543. The predicted octanol–water partition coefficient (Wildman–Crippen LogP) is 5.64. The summed E-state index contributed by atoms with van der Waals surface area (Å²) in [4.78, 5) is 0. The highest BCUT2D eigenvalue weighted by Gasteiger charge is 2.06. The average molecular weight is 292 g/mol. The Morgan fingerprint density at radius 2 is 1.64 bits per heavy atom. The van der Waals surface area contributed by atoms with Gasteiger partial charge in [0.1, 0.15) is 0 Å². The van der Waals surface area contributed by atoms with Gasteiger partial charge in [-0.2, -0.15) is 0 Å². The summed E-state index contributed by atoms with van der Waals surface area (Å²) >= 11 is 0. The topological polar surface area (TPSA) is 9.23 Å². The Bertz CT molecular complexity index is 557. The van der Waals surface area contributed by atoms with Gasteiger partial charge >= 0.3 is 0 Å². The molecule has 2 aromatic carbocycles. The van der Waals surface area contributed by atoms with Gasteiger partial charge in [0.25, 0.3) is 0 Å². The molecule has 0 aliphatic carbocycles. The lowest BCUT2D eigenvalue weighted by atomic mass is 10.1. The molecule has 0 saturated carbocycles. The van der Waals surface area contributed by atoms with Crippen LogP contribution in [0.5, 0.6) is 0 Å². The van der Waals surface area contributed by atoms with E-state index in [1.165, 1.54) is 11.1 Å². The fraction of sp³-hybridized carbons (Fsp3) is 0.238. The Morgan fingerprint density at radius 3 is 2.32 bits per heavy atom. The second kappa shape index (κ2) is 9.75. The lowest BCUT2D eigenvalue weighted by molar-refractivity contribution is 0.0378. The van der Waals surface area contributed by atoms with Gasteiger partial charge in [-0.05, 0) is 30.4 Å². The second-order valence-electron chi connectivity index (χ2n) is 5.33. The van der Waals surface area contributed by atoms with Crippen molar-refractivity contribution in [2.75, 3.05) is 0 Å². The van der Waals surface area contributed by atoms with Crippen LogP contribution < -0.4 is 0 Å². The van der Waals surface area contributed by atoms with Crippen LogP contribution in [0.2, 0.25) is 0 Å². The first-order chi connectivity index (χ1) is 10.9. The van der Waals surface area contributed by atoms with Crippen molar-refractivity contribution in [3.05, 3.63) is 90.5 Å². The van der Waals surface area contributed by atoms with Crippen LogP contribution in [0.4, 0.5) is 0 Å². The van der Waals surface area contributed by atoms with Crippen LogP contribution in [0.1, 0.15) is 30.4 Å². The fourth-order valence-corrected chi connectivity index (χ4v) is 2.31. The van der Waals surface area contributed by atoms with Crippen molar-refractivity contribution in [1.29, 1.82) is 0 Å². The van der Waals surface area contributed by atoms with E-state index in [4.69, 9.17) is 4.74 Å². The molecule has 1 nitrogen and oxygen atoms in total. The summed E-state index contributed by atoms with van der Waals surface area (Å²) in [7, 11) is 0. The Hall–Kier alpha value is -2.12. The smallest absolute Gasteiger partial charge is 0.0720 e. The summed E-state index contributed by atoms with van der Waals surface area (Å²) in [6.07, 6.45) is 9.49. The molecule has 0 aliphatic rings. The Morgan fingerprint density at radius 1 is 0.955 bits per heavy atom. The molecule has 0 N–H and O–H groups in total. The van der Waals surface area contributed by atoms with Crippen LogP contribution in [-0.2, 0) is 11.3 Å². The highest BCUT2D eigenvalue weighted by Crippen LogP contribution is 2.13. The Kier molecular flexibility index (Phi) is 7.20. The van der Waals surface area contributed by atoms with Gasteiger partial charge in [0.05, 0.1) is 12.7 Å². The minimum Gasteiger partial charge on any atom is -0.373 e. The predicted molar refractivity (Wildman–Crippen MR) is 94.5 cm³/mol. The third-order valence-corrected chi connectivity index (χ3v) is 3.52. The van der Waals surface area contributed by atoms with E-state index >= 15 is 0 Å². The van der Waals surface area contributed by atoms with Gasteiger partial charge in [-0.1, -0.05) is 78.9 Å². The number of benzene rings is 2. The summed E-state index contributed by atoms with van der Waals surface area (Å²) < 4.78 is 6.02. The maximum absolute atomic E-state index is 6.02. The molecule has 0 heterocycles. The molecule has 2 rings (SSSR count). The second-order valence-corrected chi connectivity index (χ2v) is 5.33. The van der Waals surface area contributed by atoms with Crippen LogP contribution in [0.25, 0.3) is 6.08 Å². The van der Waals surface area contributed by atoms with E-state index in [1.807, 2.05) is 30.3 Å². The third kappa shape index (κ3) is 6.11. The zero-order valence-corrected chi connectivity index (χ0v) is 13.0. The van der Waals surface area contributed by atoms with Gasteiger partial charge < -0.3 is 4.74 Å². The first-order valence-electron chi connectivity index (χ1n) is 7.86. The molecule has 1 atom stereocenters. The SMILES string of the molecule is C=CC[C@H](CC/C=C/c1ccccc1)OCc1ccccc1. The van der Waals surface area contributed by atoms with E-state index < -0.39 is 0 Å². The molecule has 0 spiro atoms. The molecule has 22 heavy (non-hydrogen) atoms. The summed E-state index contributed by atoms with van der Waals surface area (Å²) in [5, 5.41) is 0. The van der Waals surface area contributed by atoms with Crippen molar-refractivity contribution in [2.24, 2.45) is 0 Å². The molecule has 0 radical (unpaired) electrons. The van der Waals surface area contributed by atoms with Crippen molar-refractivity contribution < 1.29 is 4.74 Å². The van der Waals surface area contributed by atoms with Gasteiger partial charge in [0.15, 0.2) is 0 Å². The number of rotatable bonds is 9. The Balaban J connectivity index is 1.76. The maximum Gasteiger partial charge on any atom is 0.0720 e. The average Bonchev–Trinajstić information content (AvgIpc) is 2.58. The minimum atomic E-state index is 0.234. The fourth-order valence-electron chi connectivity index (χ4n) is 2.31. The van der Waals surface area contributed by atoms with E-state index in [0.29, 0.717) is 6.61 Å². The van der Waals surface area contributed by atoms with Crippen molar-refractivity contribution in [1.82, 2.24) is 0 Å². The van der Waals surface area contributed by atoms with Crippen molar-refractivity contribution in [2.45, 2.75) is 32.0 Å². The van der Waals surface area contributed by atoms with E-state index in [0.717, 1.165) is 19.3 Å². The largest absolute Gasteiger partial charge is 0.373 e. The van der Waals surface area contributed by atoms with E-state index in [9.17, 15) is 0 Å². The van der Waals surface area contributed by atoms with Gasteiger partial charge in [0, 0.05) is 0 Å². The van der Waals surface area contributed by atoms with Crippen LogP contribution in [0.15, 0.2) is 79.4 Å². The summed E-state index contributed by atoms with van der Waals surface area (Å²) in [6, 6.07) is 20.7. The number of ether oxygens (including phenoxy) is 1. The lowest BCUT2D eigenvalue weighted by Crippen LogP contribution is -2.11. The number of allylic oxidation sites excluding steroid dienone is 1. The zero-order chi connectivity index (χ0) is 15.5. The summed E-state index contributed by atoms with van der Waals surface area (Å²) in [5.74, 6) is 0. The number of hydrogen-bond acceptors (Lipinski definition) is 1. The van der Waals surface area contributed by atoms with Gasteiger partial charge in [0.2, 0.25) is 0 Å². The standard InChI is InChI=1S/C21H24O/c1-2-11-21(22-18-20-15-7-4-8-16-20)17-10-9-14-19-12-5-3-6-13-19/h2-9,12-16,21H,1,10-11,17-18H2/b14-9+/t21-/m1/s1. The molecule has 0 aromatic heterocycles. The maximum atomic E-state index is 6.02. The minimum absolute atomic E-state index is 0.234. The van der Waals surface area contributed by atoms with Crippen molar-refractivity contribution >= 4 is 6.08 Å². The molecular weight excluding hydrogens is 268 g/mol. The molecular formula is C21H24O. The van der Waals surface area contributed by atoms with Crippen LogP contribution in [0.3, 0.4) is 0 Å². The van der Waals surface area contributed by atoms with E-state index in [2.05, 4.69) is 55.1 Å². The highest BCUT2D eigenvalue weighted by molar-refractivity contribution is 5.48. The van der Waals surface area contributed by atoms with E-state index in [1.54, 1.807) is 0 Å². The van der Waals surface area contributed by atoms with Gasteiger partial charge in [-0.25, -0.2) is 0 Å². The van der Waals surface area contributed by atoms with E-state index in [-0.39, 0.29) is 6.10 Å². The first-order valence-corrected chi connectivity index (χ1v) is 7.86. The molecule has 0 unspecified atom stereocenters. The number of hydrogen-bond donors (Lipinski definition) is 0. The van der Waals surface area contributed by atoms with Crippen LogP contribution >= 0.6 is 0 Å².